The molecule has 0 aliphatic heterocycles. The van der Waals surface area contributed by atoms with Crippen molar-refractivity contribution in [2.75, 3.05) is 12.4 Å². The van der Waals surface area contributed by atoms with Crippen LogP contribution < -0.4 is 5.32 Å². The highest BCUT2D eigenvalue weighted by Gasteiger charge is 2.26. The summed E-state index contributed by atoms with van der Waals surface area (Å²) in [6.07, 6.45) is 5.06. The van der Waals surface area contributed by atoms with Gasteiger partial charge in [-0.15, -0.1) is 11.6 Å². The monoisotopic (exact) mass is 293 g/mol. The second-order valence-electron chi connectivity index (χ2n) is 5.84. The molecule has 0 aromatic heterocycles. The average molecular weight is 294 g/mol. The fourth-order valence-corrected chi connectivity index (χ4v) is 3.46. The molecule has 1 N–H and O–H groups in total. The minimum absolute atomic E-state index is 0.161. The summed E-state index contributed by atoms with van der Waals surface area (Å²) >= 11 is 5.96. The Kier molecular flexibility index (Phi) is 5.90. The average Bonchev–Trinajstić information content (AvgIpc) is 2.91. The van der Waals surface area contributed by atoms with E-state index in [1.807, 2.05) is 12.1 Å². The fraction of sp³-hybridized carbons (Fsp3) is 0.588. The van der Waals surface area contributed by atoms with Gasteiger partial charge in [0.2, 0.25) is 5.91 Å². The van der Waals surface area contributed by atoms with Crippen LogP contribution >= 0.6 is 11.6 Å². The van der Waals surface area contributed by atoms with E-state index in [0.717, 1.165) is 18.8 Å². The highest BCUT2D eigenvalue weighted by atomic mass is 35.5. The third kappa shape index (κ3) is 4.24. The normalized spacial score (nSPS) is 21.9. The maximum atomic E-state index is 11.9. The molecular weight excluding hydrogens is 270 g/mol. The first-order chi connectivity index (χ1) is 9.70. The van der Waals surface area contributed by atoms with Gasteiger partial charge in [0.25, 0.3) is 0 Å². The zero-order valence-corrected chi connectivity index (χ0v) is 13.0. The molecule has 110 valence electrons. The minimum Gasteiger partial charge on any atom is -0.356 e. The summed E-state index contributed by atoms with van der Waals surface area (Å²) in [5.41, 5.74) is 2.53. The maximum Gasteiger partial charge on any atom is 0.220 e. The van der Waals surface area contributed by atoms with Crippen molar-refractivity contribution in [3.05, 3.63) is 35.4 Å². The number of benzene rings is 1. The molecular formula is C17H24ClNO. The van der Waals surface area contributed by atoms with E-state index in [4.69, 9.17) is 11.6 Å². The van der Waals surface area contributed by atoms with Crippen LogP contribution in [-0.4, -0.2) is 18.3 Å². The summed E-state index contributed by atoms with van der Waals surface area (Å²) in [5, 5.41) is 3.08. The molecule has 0 radical (unpaired) electrons. The molecule has 1 aliphatic carbocycles. The molecule has 0 heterocycles. The lowest BCUT2D eigenvalue weighted by Crippen LogP contribution is -2.31. The third-order valence-corrected chi connectivity index (χ3v) is 4.86. The molecule has 0 saturated heterocycles. The quantitative estimate of drug-likeness (QED) is 0.796. The molecule has 0 spiro atoms. The van der Waals surface area contributed by atoms with Crippen molar-refractivity contribution in [2.45, 2.75) is 39.0 Å². The maximum absolute atomic E-state index is 11.9. The van der Waals surface area contributed by atoms with E-state index in [1.54, 1.807) is 0 Å². The minimum atomic E-state index is 0.161. The zero-order chi connectivity index (χ0) is 14.4. The van der Waals surface area contributed by atoms with Crippen LogP contribution in [-0.2, 0) is 11.2 Å². The van der Waals surface area contributed by atoms with Gasteiger partial charge in [-0.2, -0.15) is 0 Å². The number of carbonyl (C=O) groups excluding carboxylic acids is 1. The molecule has 20 heavy (non-hydrogen) atoms. The van der Waals surface area contributed by atoms with Gasteiger partial charge in [0.15, 0.2) is 0 Å². The van der Waals surface area contributed by atoms with Crippen molar-refractivity contribution in [2.24, 2.45) is 11.8 Å². The van der Waals surface area contributed by atoms with Crippen LogP contribution in [0.15, 0.2) is 24.3 Å². The Morgan fingerprint density at radius 1 is 1.30 bits per heavy atom. The Morgan fingerprint density at radius 2 is 2.05 bits per heavy atom. The molecule has 2 rings (SSSR count). The van der Waals surface area contributed by atoms with Crippen molar-refractivity contribution in [3.63, 3.8) is 0 Å². The largest absolute Gasteiger partial charge is 0.356 e. The van der Waals surface area contributed by atoms with Crippen LogP contribution in [0.3, 0.4) is 0 Å². The van der Waals surface area contributed by atoms with Gasteiger partial charge >= 0.3 is 0 Å². The molecule has 2 unspecified atom stereocenters. The molecule has 1 fully saturated rings. The first-order valence-electron chi connectivity index (χ1n) is 7.58. The lowest BCUT2D eigenvalue weighted by Gasteiger charge is -2.17. The predicted molar refractivity (Wildman–Crippen MR) is 84.1 cm³/mol. The van der Waals surface area contributed by atoms with Gasteiger partial charge in [-0.1, -0.05) is 30.7 Å². The zero-order valence-electron chi connectivity index (χ0n) is 12.2. The fourth-order valence-electron chi connectivity index (χ4n) is 3.06. The molecule has 1 aromatic carbocycles. The predicted octanol–water partition coefficient (Wildman–Crippen LogP) is 3.70. The van der Waals surface area contributed by atoms with E-state index in [2.05, 4.69) is 24.4 Å². The van der Waals surface area contributed by atoms with Gasteiger partial charge in [0, 0.05) is 18.8 Å². The number of halogens is 1. The van der Waals surface area contributed by atoms with Crippen LogP contribution in [0.5, 0.6) is 0 Å². The van der Waals surface area contributed by atoms with E-state index < -0.39 is 0 Å². The molecule has 2 atom stereocenters. The molecule has 1 aromatic rings. The van der Waals surface area contributed by atoms with Crippen molar-refractivity contribution in [1.29, 1.82) is 0 Å². The van der Waals surface area contributed by atoms with Gasteiger partial charge < -0.3 is 5.32 Å². The van der Waals surface area contributed by atoms with Gasteiger partial charge in [-0.3, -0.25) is 4.79 Å². The second kappa shape index (κ2) is 7.68. The standard InChI is InChI=1S/C17H24ClNO/c1-13-5-2-3-6-14(13)9-10-17(20)19-12-16-8-4-7-15(16)11-18/h2-3,5-6,15-16H,4,7-12H2,1H3,(H,19,20). The lowest BCUT2D eigenvalue weighted by molar-refractivity contribution is -0.121. The van der Waals surface area contributed by atoms with Crippen molar-refractivity contribution in [3.8, 4) is 0 Å². The summed E-state index contributed by atoms with van der Waals surface area (Å²) in [6.45, 7) is 2.89. The smallest absolute Gasteiger partial charge is 0.220 e. The number of amides is 1. The van der Waals surface area contributed by atoms with Gasteiger partial charge in [0.05, 0.1) is 0 Å². The van der Waals surface area contributed by atoms with E-state index in [0.29, 0.717) is 18.3 Å². The number of carbonyl (C=O) groups is 1. The van der Waals surface area contributed by atoms with E-state index in [9.17, 15) is 4.79 Å². The molecule has 3 heteroatoms. The summed E-state index contributed by atoms with van der Waals surface area (Å²) in [7, 11) is 0. The molecule has 0 bridgehead atoms. The van der Waals surface area contributed by atoms with Crippen LogP contribution in [0, 0.1) is 18.8 Å². The first-order valence-corrected chi connectivity index (χ1v) is 8.11. The summed E-state index contributed by atoms with van der Waals surface area (Å²) < 4.78 is 0. The van der Waals surface area contributed by atoms with Gasteiger partial charge in [-0.05, 0) is 49.1 Å². The number of alkyl halides is 1. The highest BCUT2D eigenvalue weighted by Crippen LogP contribution is 2.31. The van der Waals surface area contributed by atoms with Crippen LogP contribution in [0.1, 0.15) is 36.8 Å². The van der Waals surface area contributed by atoms with Crippen LogP contribution in [0.25, 0.3) is 0 Å². The number of hydrogen-bond donors (Lipinski definition) is 1. The van der Waals surface area contributed by atoms with Crippen LogP contribution in [0.2, 0.25) is 0 Å². The molecule has 1 saturated carbocycles. The Labute approximate surface area is 126 Å². The van der Waals surface area contributed by atoms with Crippen molar-refractivity contribution < 1.29 is 4.79 Å². The Balaban J connectivity index is 1.72. The lowest BCUT2D eigenvalue weighted by atomic mass is 9.98. The second-order valence-corrected chi connectivity index (χ2v) is 6.14. The third-order valence-electron chi connectivity index (χ3n) is 4.46. The molecule has 1 aliphatic rings. The highest BCUT2D eigenvalue weighted by molar-refractivity contribution is 6.18. The Hall–Kier alpha value is -1.02. The molecule has 2 nitrogen and oxygen atoms in total. The Morgan fingerprint density at radius 3 is 2.80 bits per heavy atom. The van der Waals surface area contributed by atoms with Crippen LogP contribution in [0.4, 0.5) is 0 Å². The summed E-state index contributed by atoms with van der Waals surface area (Å²) in [5.74, 6) is 2.06. The first kappa shape index (κ1) is 15.4. The van der Waals surface area contributed by atoms with Gasteiger partial charge in [0.1, 0.15) is 0 Å². The van der Waals surface area contributed by atoms with Gasteiger partial charge in [-0.25, -0.2) is 0 Å². The number of rotatable bonds is 6. The van der Waals surface area contributed by atoms with Crippen molar-refractivity contribution in [1.82, 2.24) is 5.32 Å². The van der Waals surface area contributed by atoms with E-state index in [-0.39, 0.29) is 5.91 Å². The SMILES string of the molecule is Cc1ccccc1CCC(=O)NCC1CCCC1CCl. The van der Waals surface area contributed by atoms with E-state index >= 15 is 0 Å². The number of hydrogen-bond acceptors (Lipinski definition) is 1. The molecule has 1 amide bonds. The Bertz CT molecular complexity index is 446. The number of aryl methyl sites for hydroxylation is 2. The van der Waals surface area contributed by atoms with Crippen molar-refractivity contribution >= 4 is 17.5 Å². The summed E-state index contributed by atoms with van der Waals surface area (Å²) in [6, 6.07) is 8.26. The number of nitrogens with one attached hydrogen (secondary N) is 1. The topological polar surface area (TPSA) is 29.1 Å². The van der Waals surface area contributed by atoms with E-state index in [1.165, 1.54) is 30.4 Å². The summed E-state index contributed by atoms with van der Waals surface area (Å²) in [4.78, 5) is 11.9.